The number of nitrogens with one attached hydrogen (secondary N) is 1. The Labute approximate surface area is 90.6 Å². The Balaban J connectivity index is 0.000000980. The summed E-state index contributed by atoms with van der Waals surface area (Å²) in [5.74, 6) is 0. The van der Waals surface area contributed by atoms with Gasteiger partial charge in [0.15, 0.2) is 0 Å². The van der Waals surface area contributed by atoms with Gasteiger partial charge in [-0.15, -0.1) is 12.4 Å². The number of aromatic nitrogens is 2. The molecule has 0 spiro atoms. The second-order valence-electron chi connectivity index (χ2n) is 3.46. The van der Waals surface area contributed by atoms with Crippen LogP contribution in [0.5, 0.6) is 0 Å². The summed E-state index contributed by atoms with van der Waals surface area (Å²) in [7, 11) is 1.97. The molecule has 2 rings (SSSR count). The maximum absolute atomic E-state index is 4.13. The lowest BCUT2D eigenvalue weighted by Gasteiger charge is -2.15. The van der Waals surface area contributed by atoms with Gasteiger partial charge in [0, 0.05) is 19.8 Å². The number of rotatable bonds is 1. The molecule has 0 unspecified atom stereocenters. The molecule has 0 aromatic carbocycles. The second kappa shape index (κ2) is 5.17. The number of nitrogens with zero attached hydrogens (tertiary/aromatic N) is 2. The summed E-state index contributed by atoms with van der Waals surface area (Å²) >= 11 is 0. The van der Waals surface area contributed by atoms with Gasteiger partial charge in [0.05, 0.1) is 5.69 Å². The summed E-state index contributed by atoms with van der Waals surface area (Å²) in [5.41, 5.74) is 2.67. The van der Waals surface area contributed by atoms with Crippen molar-refractivity contribution in [2.75, 3.05) is 13.1 Å². The van der Waals surface area contributed by atoms with Crippen LogP contribution >= 0.6 is 12.4 Å². The third kappa shape index (κ3) is 2.59. The number of piperidine rings is 1. The molecule has 1 N–H and O–H groups in total. The van der Waals surface area contributed by atoms with E-state index in [9.17, 15) is 0 Å². The van der Waals surface area contributed by atoms with Crippen molar-refractivity contribution in [2.24, 2.45) is 7.05 Å². The predicted molar refractivity (Wildman–Crippen MR) is 60.5 cm³/mol. The van der Waals surface area contributed by atoms with E-state index in [4.69, 9.17) is 0 Å². The SMILES string of the molecule is Cl.Cn1nccc1C=C1CCCNC1. The van der Waals surface area contributed by atoms with Crippen molar-refractivity contribution in [3.8, 4) is 0 Å². The van der Waals surface area contributed by atoms with Crippen molar-refractivity contribution in [2.45, 2.75) is 12.8 Å². The molecule has 0 atom stereocenters. The van der Waals surface area contributed by atoms with Crippen LogP contribution < -0.4 is 5.32 Å². The van der Waals surface area contributed by atoms with Crippen LogP contribution in [0.1, 0.15) is 18.5 Å². The Morgan fingerprint density at radius 3 is 3.00 bits per heavy atom. The Kier molecular flexibility index (Phi) is 4.17. The lowest BCUT2D eigenvalue weighted by atomic mass is 10.1. The van der Waals surface area contributed by atoms with Crippen molar-refractivity contribution in [3.63, 3.8) is 0 Å². The highest BCUT2D eigenvalue weighted by Gasteiger charge is 2.04. The zero-order valence-corrected chi connectivity index (χ0v) is 9.18. The van der Waals surface area contributed by atoms with Gasteiger partial charge < -0.3 is 5.32 Å². The average Bonchev–Trinajstić information content (AvgIpc) is 2.54. The van der Waals surface area contributed by atoms with E-state index in [-0.39, 0.29) is 12.4 Å². The monoisotopic (exact) mass is 213 g/mol. The number of hydrogen-bond acceptors (Lipinski definition) is 2. The van der Waals surface area contributed by atoms with E-state index < -0.39 is 0 Å². The van der Waals surface area contributed by atoms with E-state index in [2.05, 4.69) is 16.5 Å². The van der Waals surface area contributed by atoms with E-state index in [0.717, 1.165) is 13.1 Å². The van der Waals surface area contributed by atoms with E-state index in [1.807, 2.05) is 24.0 Å². The zero-order valence-electron chi connectivity index (χ0n) is 8.36. The fourth-order valence-electron chi connectivity index (χ4n) is 1.64. The fraction of sp³-hybridized carbons (Fsp3) is 0.500. The van der Waals surface area contributed by atoms with E-state index >= 15 is 0 Å². The predicted octanol–water partition coefficient (Wildman–Crippen LogP) is 1.61. The number of aryl methyl sites for hydroxylation is 1. The summed E-state index contributed by atoms with van der Waals surface area (Å²) in [5, 5.41) is 7.50. The Morgan fingerprint density at radius 2 is 2.43 bits per heavy atom. The molecule has 4 heteroatoms. The van der Waals surface area contributed by atoms with E-state index in [0.29, 0.717) is 0 Å². The largest absolute Gasteiger partial charge is 0.313 e. The first-order valence-electron chi connectivity index (χ1n) is 4.74. The van der Waals surface area contributed by atoms with Gasteiger partial charge in [-0.3, -0.25) is 4.68 Å². The van der Waals surface area contributed by atoms with Crippen LogP contribution in [0.25, 0.3) is 6.08 Å². The quantitative estimate of drug-likeness (QED) is 0.768. The first-order valence-corrected chi connectivity index (χ1v) is 4.74. The van der Waals surface area contributed by atoms with Crippen LogP contribution in [0.4, 0.5) is 0 Å². The molecule has 3 nitrogen and oxygen atoms in total. The molecular formula is C10H16ClN3. The van der Waals surface area contributed by atoms with E-state index in [1.54, 1.807) is 0 Å². The van der Waals surface area contributed by atoms with Crippen LogP contribution in [0.3, 0.4) is 0 Å². The van der Waals surface area contributed by atoms with Crippen LogP contribution in [0.15, 0.2) is 17.8 Å². The topological polar surface area (TPSA) is 29.9 Å². The van der Waals surface area contributed by atoms with E-state index in [1.165, 1.54) is 24.1 Å². The molecule has 2 heterocycles. The minimum absolute atomic E-state index is 0. The van der Waals surface area contributed by atoms with Gasteiger partial charge >= 0.3 is 0 Å². The average molecular weight is 214 g/mol. The summed E-state index contributed by atoms with van der Waals surface area (Å²) in [6.07, 6.45) is 6.55. The molecule has 78 valence electrons. The Bertz CT molecular complexity index is 309. The van der Waals surface area contributed by atoms with Crippen molar-refractivity contribution in [3.05, 3.63) is 23.5 Å². The Hall–Kier alpha value is -0.800. The molecule has 0 radical (unpaired) electrons. The molecule has 14 heavy (non-hydrogen) atoms. The number of halogens is 1. The molecule has 1 aromatic rings. The minimum Gasteiger partial charge on any atom is -0.313 e. The van der Waals surface area contributed by atoms with Crippen molar-refractivity contribution in [1.29, 1.82) is 0 Å². The van der Waals surface area contributed by atoms with Gasteiger partial charge in [0.25, 0.3) is 0 Å². The third-order valence-corrected chi connectivity index (χ3v) is 2.41. The highest BCUT2D eigenvalue weighted by atomic mass is 35.5. The van der Waals surface area contributed by atoms with Gasteiger partial charge in [0.1, 0.15) is 0 Å². The third-order valence-electron chi connectivity index (χ3n) is 2.41. The van der Waals surface area contributed by atoms with Crippen LogP contribution in [-0.4, -0.2) is 22.9 Å². The molecule has 0 saturated carbocycles. The first-order chi connectivity index (χ1) is 6.36. The molecular weight excluding hydrogens is 198 g/mol. The molecule has 1 aliphatic rings. The molecule has 1 aromatic heterocycles. The zero-order chi connectivity index (χ0) is 9.10. The molecule has 0 aliphatic carbocycles. The standard InChI is InChI=1S/C10H15N3.ClH/c1-13-10(4-6-12-13)7-9-3-2-5-11-8-9;/h4,6-7,11H,2-3,5,8H2,1H3;1H. The van der Waals surface area contributed by atoms with Gasteiger partial charge in [-0.25, -0.2) is 0 Å². The lowest BCUT2D eigenvalue weighted by molar-refractivity contribution is 0.612. The summed E-state index contributed by atoms with van der Waals surface area (Å²) in [6.45, 7) is 2.19. The van der Waals surface area contributed by atoms with Gasteiger partial charge in [0.2, 0.25) is 0 Å². The first kappa shape index (κ1) is 11.3. The maximum Gasteiger partial charge on any atom is 0.0606 e. The smallest absolute Gasteiger partial charge is 0.0606 e. The number of hydrogen-bond donors (Lipinski definition) is 1. The fourth-order valence-corrected chi connectivity index (χ4v) is 1.64. The highest BCUT2D eigenvalue weighted by Crippen LogP contribution is 2.12. The van der Waals surface area contributed by atoms with Gasteiger partial charge in [-0.05, 0) is 31.5 Å². The Morgan fingerprint density at radius 1 is 1.57 bits per heavy atom. The highest BCUT2D eigenvalue weighted by molar-refractivity contribution is 5.85. The molecule has 1 fully saturated rings. The van der Waals surface area contributed by atoms with Gasteiger partial charge in [-0.1, -0.05) is 5.57 Å². The van der Waals surface area contributed by atoms with Gasteiger partial charge in [-0.2, -0.15) is 5.10 Å². The molecule has 0 amide bonds. The summed E-state index contributed by atoms with van der Waals surface area (Å²) < 4.78 is 1.90. The second-order valence-corrected chi connectivity index (χ2v) is 3.46. The van der Waals surface area contributed by atoms with Crippen LogP contribution in [0, 0.1) is 0 Å². The molecule has 1 aliphatic heterocycles. The summed E-state index contributed by atoms with van der Waals surface area (Å²) in [6, 6.07) is 2.04. The molecule has 1 saturated heterocycles. The van der Waals surface area contributed by atoms with Crippen LogP contribution in [0.2, 0.25) is 0 Å². The molecule has 0 bridgehead atoms. The van der Waals surface area contributed by atoms with Crippen molar-refractivity contribution >= 4 is 18.5 Å². The minimum atomic E-state index is 0. The maximum atomic E-state index is 4.13. The van der Waals surface area contributed by atoms with Crippen molar-refractivity contribution in [1.82, 2.24) is 15.1 Å². The normalized spacial score (nSPS) is 19.4. The lowest BCUT2D eigenvalue weighted by Crippen LogP contribution is -2.23. The summed E-state index contributed by atoms with van der Waals surface area (Å²) in [4.78, 5) is 0. The van der Waals surface area contributed by atoms with Crippen molar-refractivity contribution < 1.29 is 0 Å². The van der Waals surface area contributed by atoms with Crippen LogP contribution in [-0.2, 0) is 7.05 Å².